The summed E-state index contributed by atoms with van der Waals surface area (Å²) in [6, 6.07) is 10.3. The maximum atomic E-state index is 8.62. The average molecular weight is 221 g/mol. The van der Waals surface area contributed by atoms with Crippen LogP contribution in [0.1, 0.15) is 12.5 Å². The van der Waals surface area contributed by atoms with E-state index in [-0.39, 0.29) is 5.92 Å². The monoisotopic (exact) mass is 221 g/mol. The van der Waals surface area contributed by atoms with Crippen LogP contribution in [0.5, 0.6) is 5.75 Å². The summed E-state index contributed by atoms with van der Waals surface area (Å²) >= 11 is 1.79. The van der Waals surface area contributed by atoms with Crippen molar-refractivity contribution in [1.82, 2.24) is 0 Å². The van der Waals surface area contributed by atoms with Gasteiger partial charge in [0.05, 0.1) is 19.1 Å². The van der Waals surface area contributed by atoms with Crippen LogP contribution in [0.2, 0.25) is 0 Å². The molecular weight excluding hydrogens is 206 g/mol. The smallest absolute Gasteiger partial charge is 0.118 e. The molecule has 0 aliphatic rings. The van der Waals surface area contributed by atoms with E-state index in [1.165, 1.54) is 5.56 Å². The summed E-state index contributed by atoms with van der Waals surface area (Å²) in [5.41, 5.74) is 1.27. The molecule has 1 aromatic rings. The van der Waals surface area contributed by atoms with Crippen LogP contribution < -0.4 is 4.74 Å². The normalized spacial score (nSPS) is 11.8. The van der Waals surface area contributed by atoms with Crippen molar-refractivity contribution in [3.8, 4) is 11.8 Å². The number of nitriles is 1. The molecule has 3 heteroatoms. The lowest BCUT2D eigenvalue weighted by Gasteiger charge is -2.04. The Morgan fingerprint density at radius 2 is 2.07 bits per heavy atom. The van der Waals surface area contributed by atoms with Gasteiger partial charge in [0.25, 0.3) is 0 Å². The molecule has 0 saturated carbocycles. The molecule has 1 rings (SSSR count). The number of hydrogen-bond acceptors (Lipinski definition) is 3. The molecular formula is C12H15NOS. The molecule has 0 aliphatic carbocycles. The van der Waals surface area contributed by atoms with Gasteiger partial charge < -0.3 is 4.74 Å². The van der Waals surface area contributed by atoms with Crippen LogP contribution >= 0.6 is 11.8 Å². The molecule has 0 saturated heterocycles. The van der Waals surface area contributed by atoms with Gasteiger partial charge in [0.15, 0.2) is 0 Å². The first-order valence-electron chi connectivity index (χ1n) is 4.86. The number of ether oxygens (including phenoxy) is 1. The van der Waals surface area contributed by atoms with E-state index in [1.54, 1.807) is 18.9 Å². The predicted molar refractivity (Wildman–Crippen MR) is 63.9 cm³/mol. The third kappa shape index (κ3) is 4.26. The maximum absolute atomic E-state index is 8.62. The van der Waals surface area contributed by atoms with Gasteiger partial charge >= 0.3 is 0 Å². The van der Waals surface area contributed by atoms with E-state index in [9.17, 15) is 0 Å². The molecule has 15 heavy (non-hydrogen) atoms. The van der Waals surface area contributed by atoms with Gasteiger partial charge in [-0.3, -0.25) is 0 Å². The highest BCUT2D eigenvalue weighted by molar-refractivity contribution is 7.98. The van der Waals surface area contributed by atoms with E-state index < -0.39 is 0 Å². The van der Waals surface area contributed by atoms with E-state index in [4.69, 9.17) is 10.00 Å². The fourth-order valence-corrected chi connectivity index (χ4v) is 2.09. The van der Waals surface area contributed by atoms with E-state index in [1.807, 2.05) is 19.1 Å². The van der Waals surface area contributed by atoms with Gasteiger partial charge in [-0.1, -0.05) is 12.1 Å². The Bertz CT molecular complexity index is 328. The molecule has 2 nitrogen and oxygen atoms in total. The maximum Gasteiger partial charge on any atom is 0.118 e. The van der Waals surface area contributed by atoms with E-state index in [0.717, 1.165) is 17.3 Å². The molecule has 0 radical (unpaired) electrons. The Balaban J connectivity index is 2.35. The van der Waals surface area contributed by atoms with Gasteiger partial charge in [0.2, 0.25) is 0 Å². The van der Waals surface area contributed by atoms with Gasteiger partial charge in [-0.2, -0.15) is 17.0 Å². The Hall–Kier alpha value is -1.14. The summed E-state index contributed by atoms with van der Waals surface area (Å²) in [5.74, 6) is 2.86. The summed E-state index contributed by atoms with van der Waals surface area (Å²) in [5, 5.41) is 8.62. The first-order chi connectivity index (χ1) is 7.26. The van der Waals surface area contributed by atoms with Crippen molar-refractivity contribution in [3.63, 3.8) is 0 Å². The van der Waals surface area contributed by atoms with E-state index in [2.05, 4.69) is 18.2 Å². The molecule has 0 spiro atoms. The van der Waals surface area contributed by atoms with E-state index in [0.29, 0.717) is 0 Å². The van der Waals surface area contributed by atoms with Crippen LogP contribution in [0.4, 0.5) is 0 Å². The first kappa shape index (κ1) is 11.9. The zero-order valence-corrected chi connectivity index (χ0v) is 9.88. The van der Waals surface area contributed by atoms with Gasteiger partial charge in [-0.25, -0.2) is 0 Å². The number of methoxy groups -OCH3 is 1. The zero-order valence-electron chi connectivity index (χ0n) is 9.06. The lowest BCUT2D eigenvalue weighted by Crippen LogP contribution is -1.94. The predicted octanol–water partition coefficient (Wildman–Crippen LogP) is 3.09. The molecule has 0 fully saturated rings. The molecule has 80 valence electrons. The summed E-state index contributed by atoms with van der Waals surface area (Å²) in [6.07, 6.45) is 0. The quantitative estimate of drug-likeness (QED) is 0.766. The lowest BCUT2D eigenvalue weighted by atomic mass is 10.2. The van der Waals surface area contributed by atoms with Gasteiger partial charge in [-0.05, 0) is 24.6 Å². The number of nitrogens with zero attached hydrogens (tertiary/aromatic N) is 1. The molecule has 1 aromatic carbocycles. The Morgan fingerprint density at radius 1 is 1.40 bits per heavy atom. The Morgan fingerprint density at radius 3 is 2.60 bits per heavy atom. The van der Waals surface area contributed by atoms with Crippen LogP contribution in [0.3, 0.4) is 0 Å². The second-order valence-corrected chi connectivity index (χ2v) is 4.42. The van der Waals surface area contributed by atoms with Crippen molar-refractivity contribution in [3.05, 3.63) is 29.8 Å². The van der Waals surface area contributed by atoms with Gasteiger partial charge in [0.1, 0.15) is 5.75 Å². The number of benzene rings is 1. The highest BCUT2D eigenvalue weighted by Gasteiger charge is 2.00. The Labute approximate surface area is 95.3 Å². The summed E-state index contributed by atoms with van der Waals surface area (Å²) < 4.78 is 5.08. The molecule has 0 heterocycles. The van der Waals surface area contributed by atoms with Crippen LogP contribution in [-0.2, 0) is 5.75 Å². The zero-order chi connectivity index (χ0) is 11.1. The van der Waals surface area contributed by atoms with Crippen molar-refractivity contribution in [2.45, 2.75) is 12.7 Å². The fourth-order valence-electron chi connectivity index (χ4n) is 1.11. The Kier molecular flexibility index (Phi) is 5.06. The highest BCUT2D eigenvalue weighted by atomic mass is 32.2. The van der Waals surface area contributed by atoms with Crippen molar-refractivity contribution >= 4 is 11.8 Å². The molecule has 1 unspecified atom stereocenters. The highest BCUT2D eigenvalue weighted by Crippen LogP contribution is 2.18. The van der Waals surface area contributed by atoms with Crippen LogP contribution in [0.25, 0.3) is 0 Å². The van der Waals surface area contributed by atoms with Crippen molar-refractivity contribution in [2.75, 3.05) is 12.9 Å². The fraction of sp³-hybridized carbons (Fsp3) is 0.417. The second-order valence-electron chi connectivity index (χ2n) is 3.39. The molecule has 0 aromatic heterocycles. The second kappa shape index (κ2) is 6.36. The summed E-state index contributed by atoms with van der Waals surface area (Å²) in [7, 11) is 1.67. The third-order valence-corrected chi connectivity index (χ3v) is 3.29. The minimum absolute atomic E-state index is 0.133. The topological polar surface area (TPSA) is 33.0 Å². The summed E-state index contributed by atoms with van der Waals surface area (Å²) in [4.78, 5) is 0. The van der Waals surface area contributed by atoms with Gasteiger partial charge in [-0.15, -0.1) is 0 Å². The van der Waals surface area contributed by atoms with E-state index >= 15 is 0 Å². The van der Waals surface area contributed by atoms with Crippen molar-refractivity contribution in [2.24, 2.45) is 5.92 Å². The SMILES string of the molecule is COc1ccc(CSCC(C)C#N)cc1. The largest absolute Gasteiger partial charge is 0.497 e. The standard InChI is InChI=1S/C12H15NOS/c1-10(7-13)8-15-9-11-3-5-12(14-2)6-4-11/h3-6,10H,8-9H2,1-2H3. The first-order valence-corrected chi connectivity index (χ1v) is 6.02. The average Bonchev–Trinajstić information content (AvgIpc) is 2.29. The molecule has 1 atom stereocenters. The van der Waals surface area contributed by atoms with Crippen molar-refractivity contribution in [1.29, 1.82) is 5.26 Å². The lowest BCUT2D eigenvalue weighted by molar-refractivity contribution is 0.414. The minimum Gasteiger partial charge on any atom is -0.497 e. The summed E-state index contributed by atoms with van der Waals surface area (Å²) in [6.45, 7) is 1.95. The number of hydrogen-bond donors (Lipinski definition) is 0. The third-order valence-electron chi connectivity index (χ3n) is 2.02. The van der Waals surface area contributed by atoms with Crippen LogP contribution in [-0.4, -0.2) is 12.9 Å². The molecule has 0 aliphatic heterocycles. The molecule has 0 N–H and O–H groups in total. The van der Waals surface area contributed by atoms with Crippen molar-refractivity contribution < 1.29 is 4.74 Å². The van der Waals surface area contributed by atoms with Crippen LogP contribution in [0.15, 0.2) is 24.3 Å². The number of thioether (sulfide) groups is 1. The van der Waals surface area contributed by atoms with Gasteiger partial charge in [0, 0.05) is 11.5 Å². The minimum atomic E-state index is 0.133. The molecule has 0 amide bonds. The molecule has 0 bridgehead atoms. The number of rotatable bonds is 5. The van der Waals surface area contributed by atoms with Crippen LogP contribution in [0, 0.1) is 17.2 Å².